The van der Waals surface area contributed by atoms with E-state index in [-0.39, 0.29) is 37.4 Å². The van der Waals surface area contributed by atoms with Gasteiger partial charge in [0.2, 0.25) is 17.7 Å². The molecule has 45 heavy (non-hydrogen) atoms. The molecule has 3 heterocycles. The van der Waals surface area contributed by atoms with Crippen LogP contribution >= 0.6 is 12.6 Å². The first kappa shape index (κ1) is 32.6. The lowest BCUT2D eigenvalue weighted by Crippen LogP contribution is -2.64. The molecule has 5 amide bonds. The van der Waals surface area contributed by atoms with Crippen molar-refractivity contribution in [2.45, 2.75) is 69.0 Å². The van der Waals surface area contributed by atoms with Crippen LogP contribution in [0.25, 0.3) is 0 Å². The highest BCUT2D eigenvalue weighted by Crippen LogP contribution is 2.24. The molecule has 4 bridgehead atoms. The van der Waals surface area contributed by atoms with E-state index in [2.05, 4.69) is 28.6 Å². The van der Waals surface area contributed by atoms with Gasteiger partial charge in [0, 0.05) is 19.6 Å². The molecule has 3 aliphatic heterocycles. The molecule has 2 fully saturated rings. The number of urea groups is 1. The van der Waals surface area contributed by atoms with Crippen LogP contribution in [0.1, 0.15) is 42.4 Å². The fraction of sp³-hybridized carbons (Fsp3) is 0.515. The highest BCUT2D eigenvalue weighted by Gasteiger charge is 2.40. The molecular weight excluding hydrogens is 594 g/mol. The Morgan fingerprint density at radius 3 is 2.60 bits per heavy atom. The first-order valence-corrected chi connectivity index (χ1v) is 16.2. The molecule has 0 radical (unpaired) electrons. The highest BCUT2D eigenvalue weighted by atomic mass is 32.1. The van der Waals surface area contributed by atoms with Crippen LogP contribution in [0.3, 0.4) is 0 Å². The van der Waals surface area contributed by atoms with E-state index in [1.54, 1.807) is 4.90 Å². The van der Waals surface area contributed by atoms with Crippen LogP contribution in [0, 0.1) is 12.8 Å². The molecule has 0 saturated carbocycles. The van der Waals surface area contributed by atoms with Gasteiger partial charge in [-0.05, 0) is 73.8 Å². The van der Waals surface area contributed by atoms with Crippen molar-refractivity contribution in [2.24, 2.45) is 5.92 Å². The van der Waals surface area contributed by atoms with E-state index < -0.39 is 35.4 Å². The highest BCUT2D eigenvalue weighted by molar-refractivity contribution is 7.82. The van der Waals surface area contributed by atoms with Crippen molar-refractivity contribution in [3.05, 3.63) is 65.2 Å². The number of likely N-dealkylation sites (tertiary alicyclic amines) is 1. The van der Waals surface area contributed by atoms with Gasteiger partial charge in [-0.2, -0.15) is 12.6 Å². The molecule has 2 unspecified atom stereocenters. The van der Waals surface area contributed by atoms with Gasteiger partial charge in [0.05, 0.1) is 25.8 Å². The zero-order valence-electron chi connectivity index (χ0n) is 25.6. The Kier molecular flexibility index (Phi) is 10.9. The maximum atomic E-state index is 13.9. The van der Waals surface area contributed by atoms with Crippen LogP contribution in [0.5, 0.6) is 5.75 Å². The van der Waals surface area contributed by atoms with Crippen LogP contribution in [0.2, 0.25) is 0 Å². The monoisotopic (exact) mass is 637 g/mol. The lowest BCUT2D eigenvalue weighted by molar-refractivity contribution is -0.136. The van der Waals surface area contributed by atoms with Crippen molar-refractivity contribution in [3.63, 3.8) is 0 Å². The van der Waals surface area contributed by atoms with E-state index in [0.717, 1.165) is 36.0 Å². The summed E-state index contributed by atoms with van der Waals surface area (Å²) in [5, 5.41) is 17.0. The maximum absolute atomic E-state index is 13.9. The summed E-state index contributed by atoms with van der Waals surface area (Å²) in [7, 11) is 0. The predicted octanol–water partition coefficient (Wildman–Crippen LogP) is 1.80. The third-order valence-electron chi connectivity index (χ3n) is 8.88. The molecule has 5 rings (SSSR count). The molecule has 2 saturated heterocycles. The summed E-state index contributed by atoms with van der Waals surface area (Å²) in [4.78, 5) is 57.4. The molecule has 12 heteroatoms. The average Bonchev–Trinajstić information content (AvgIpc) is 3.03. The Balaban J connectivity index is 1.42. The van der Waals surface area contributed by atoms with Crippen molar-refractivity contribution < 1.29 is 29.0 Å². The molecule has 4 atom stereocenters. The fourth-order valence-corrected chi connectivity index (χ4v) is 6.40. The lowest BCUT2D eigenvalue weighted by atomic mass is 9.94. The zero-order chi connectivity index (χ0) is 31.9. The molecule has 2 aromatic rings. The van der Waals surface area contributed by atoms with Crippen LogP contribution < -0.4 is 20.7 Å². The number of hydrogen-bond acceptors (Lipinski definition) is 7. The van der Waals surface area contributed by atoms with E-state index in [0.29, 0.717) is 38.3 Å². The Bertz CT molecular complexity index is 1370. The predicted molar refractivity (Wildman–Crippen MR) is 172 cm³/mol. The molecule has 0 aromatic heterocycles. The number of aryl methyl sites for hydroxylation is 2. The number of carbonyl (C=O) groups is 4. The number of ether oxygens (including phenoxy) is 1. The Hall–Kier alpha value is -3.77. The number of fused-ring (bicyclic) bond motifs is 4. The van der Waals surface area contributed by atoms with E-state index >= 15 is 0 Å². The number of rotatable bonds is 4. The average molecular weight is 638 g/mol. The van der Waals surface area contributed by atoms with Crippen LogP contribution in [0.4, 0.5) is 4.79 Å². The van der Waals surface area contributed by atoms with Gasteiger partial charge in [0.25, 0.3) is 0 Å². The van der Waals surface area contributed by atoms with Crippen LogP contribution in [-0.2, 0) is 27.3 Å². The number of benzene rings is 2. The quantitative estimate of drug-likeness (QED) is 0.324. The van der Waals surface area contributed by atoms with Gasteiger partial charge in [0.15, 0.2) is 0 Å². The van der Waals surface area contributed by atoms with Crippen molar-refractivity contribution in [3.8, 4) is 5.75 Å². The smallest absolute Gasteiger partial charge is 0.318 e. The Labute approximate surface area is 269 Å². The minimum atomic E-state index is -1.35. The number of amides is 5. The van der Waals surface area contributed by atoms with E-state index in [1.165, 1.54) is 4.90 Å². The molecule has 3 aliphatic rings. The van der Waals surface area contributed by atoms with Gasteiger partial charge in [-0.15, -0.1) is 0 Å². The number of thiol groups is 1. The molecular formula is C33H43N5O6S. The van der Waals surface area contributed by atoms with Gasteiger partial charge in [-0.1, -0.05) is 36.4 Å². The third-order valence-corrected chi connectivity index (χ3v) is 9.40. The number of carbonyl (C=O) groups excluding carboxylic acids is 4. The first-order chi connectivity index (χ1) is 21.7. The lowest BCUT2D eigenvalue weighted by Gasteiger charge is -2.38. The second-order valence-corrected chi connectivity index (χ2v) is 12.8. The van der Waals surface area contributed by atoms with Crippen molar-refractivity contribution >= 4 is 36.4 Å². The summed E-state index contributed by atoms with van der Waals surface area (Å²) < 4.78 is 6.08. The van der Waals surface area contributed by atoms with Gasteiger partial charge < -0.3 is 35.6 Å². The Morgan fingerprint density at radius 2 is 1.84 bits per heavy atom. The summed E-state index contributed by atoms with van der Waals surface area (Å²) in [6, 6.07) is 12.6. The number of aliphatic hydroxyl groups is 1. The van der Waals surface area contributed by atoms with E-state index in [1.807, 2.05) is 55.5 Å². The number of aliphatic hydroxyl groups excluding tert-OH is 1. The number of nitrogens with one attached hydrogen (secondary N) is 3. The molecule has 0 aliphatic carbocycles. The van der Waals surface area contributed by atoms with E-state index in [4.69, 9.17) is 4.74 Å². The van der Waals surface area contributed by atoms with Gasteiger partial charge >= 0.3 is 6.03 Å². The standard InChI is InChI=1S/C33H43N5O6S/c1-21-9-11-26-16-24(21)17-34-30(40)27(12-10-22-6-3-2-4-7-22)35-31(41)28(36-33(43)38-19-25(39)20-38)29(45)32(42)37-14-5-8-23(18-37)13-15-44-26/h2-4,6-7,9,11,16,23,25,27-29,39,45H,5,8,10,12-15,17-20H2,1H3,(H,34,40)(H,35,41)(H,36,43)/t23?,27-,28-,29?/m0/s1. The Morgan fingerprint density at radius 1 is 1.07 bits per heavy atom. The van der Waals surface area contributed by atoms with E-state index in [9.17, 15) is 24.3 Å². The van der Waals surface area contributed by atoms with Crippen molar-refractivity contribution in [1.29, 1.82) is 0 Å². The van der Waals surface area contributed by atoms with Gasteiger partial charge in [0.1, 0.15) is 23.1 Å². The van der Waals surface area contributed by atoms with Gasteiger partial charge in [-0.3, -0.25) is 14.4 Å². The number of piperidine rings is 1. The summed E-state index contributed by atoms with van der Waals surface area (Å²) >= 11 is 4.60. The molecule has 0 spiro atoms. The van der Waals surface area contributed by atoms with Crippen LogP contribution in [0.15, 0.2) is 48.5 Å². The van der Waals surface area contributed by atoms with Gasteiger partial charge in [-0.25, -0.2) is 4.79 Å². The minimum absolute atomic E-state index is 0.129. The number of hydrogen-bond donors (Lipinski definition) is 5. The normalized spacial score (nSPS) is 25.2. The second-order valence-electron chi connectivity index (χ2n) is 12.3. The van der Waals surface area contributed by atoms with Crippen molar-refractivity contribution in [2.75, 3.05) is 32.8 Å². The largest absolute Gasteiger partial charge is 0.494 e. The molecule has 242 valence electrons. The molecule has 4 N–H and O–H groups in total. The maximum Gasteiger partial charge on any atom is 0.318 e. The molecule has 2 aromatic carbocycles. The third kappa shape index (κ3) is 8.49. The first-order valence-electron chi connectivity index (χ1n) is 15.7. The second kappa shape index (κ2) is 15.0. The summed E-state index contributed by atoms with van der Waals surface area (Å²) in [5.74, 6) is -0.483. The van der Waals surface area contributed by atoms with Crippen molar-refractivity contribution in [1.82, 2.24) is 25.8 Å². The zero-order valence-corrected chi connectivity index (χ0v) is 26.5. The number of β-amino-alcohol motifs (C(OH)–C–C–N with tert-alkyl or cyclic N) is 1. The summed E-state index contributed by atoms with van der Waals surface area (Å²) in [5.41, 5.74) is 2.91. The summed E-state index contributed by atoms with van der Waals surface area (Å²) in [6.07, 6.45) is 2.69. The van der Waals surface area contributed by atoms with Crippen LogP contribution in [-0.4, -0.2) is 94.9 Å². The minimum Gasteiger partial charge on any atom is -0.494 e. The fourth-order valence-electron chi connectivity index (χ4n) is 6.03. The molecule has 11 nitrogen and oxygen atoms in total. The SMILES string of the molecule is Cc1ccc2cc1CNC(=O)[C@H](CCc1ccccc1)NC(=O)[C@@H](NC(=O)N1CC(O)C1)C(S)C(=O)N1CCCC(CCO2)C1. The summed E-state index contributed by atoms with van der Waals surface area (Å²) in [6.45, 7) is 3.97. The topological polar surface area (TPSA) is 140 Å². The number of nitrogens with zero attached hydrogens (tertiary/aromatic N) is 2.